The molecule has 2 aliphatic rings. The van der Waals surface area contributed by atoms with Gasteiger partial charge in [-0.1, -0.05) is 0 Å². The average molecular weight is 343 g/mol. The van der Waals surface area contributed by atoms with E-state index in [9.17, 15) is 4.39 Å². The molecule has 132 valence electrons. The second-order valence-corrected chi connectivity index (χ2v) is 6.57. The molecule has 0 unspecified atom stereocenters. The Balaban J connectivity index is 1.46. The molecule has 2 aromatic rings. The molecule has 2 saturated heterocycles. The number of anilines is 1. The van der Waals surface area contributed by atoms with E-state index in [1.54, 1.807) is 0 Å². The van der Waals surface area contributed by atoms with E-state index in [1.807, 2.05) is 12.4 Å². The highest BCUT2D eigenvalue weighted by Gasteiger charge is 2.35. The van der Waals surface area contributed by atoms with Crippen LogP contribution >= 0.6 is 0 Å². The first-order chi connectivity index (χ1) is 12.3. The first-order valence-corrected chi connectivity index (χ1v) is 8.76. The minimum absolute atomic E-state index is 0.223. The van der Waals surface area contributed by atoms with Crippen LogP contribution in [-0.4, -0.2) is 58.2 Å². The topological polar surface area (TPSA) is 54.4 Å². The summed E-state index contributed by atoms with van der Waals surface area (Å²) in [6.45, 7) is 4.30. The summed E-state index contributed by atoms with van der Waals surface area (Å²) in [6.07, 6.45) is 8.27. The van der Waals surface area contributed by atoms with Gasteiger partial charge >= 0.3 is 0 Å². The first kappa shape index (κ1) is 16.4. The number of nitrogens with zero attached hydrogens (tertiary/aromatic N) is 5. The highest BCUT2D eigenvalue weighted by Crippen LogP contribution is 2.26. The lowest BCUT2D eigenvalue weighted by Gasteiger charge is -2.40. The maximum Gasteiger partial charge on any atom is 0.225 e. The minimum Gasteiger partial charge on any atom is -0.375 e. The number of fused-ring (bicyclic) bond motifs is 1. The zero-order valence-electron chi connectivity index (χ0n) is 14.1. The molecule has 7 heteroatoms. The van der Waals surface area contributed by atoms with Crippen LogP contribution in [0.1, 0.15) is 18.4 Å². The van der Waals surface area contributed by atoms with Crippen LogP contribution in [0, 0.1) is 5.82 Å². The first-order valence-electron chi connectivity index (χ1n) is 8.76. The summed E-state index contributed by atoms with van der Waals surface area (Å²) in [5.41, 5.74) is 1.28. The molecule has 0 bridgehead atoms. The van der Waals surface area contributed by atoms with Gasteiger partial charge in [0, 0.05) is 44.6 Å². The van der Waals surface area contributed by atoms with E-state index >= 15 is 0 Å². The predicted molar refractivity (Wildman–Crippen MR) is 91.6 cm³/mol. The second kappa shape index (κ2) is 7.41. The molecule has 4 rings (SSSR count). The van der Waals surface area contributed by atoms with E-state index < -0.39 is 5.82 Å². The molecule has 2 fully saturated rings. The standard InChI is InChI=1S/C18H22FN5O/c19-15-11-21-18(22-12-15)23-7-3-16-17(4-8-23)25-10-9-24(16)13-14-1-5-20-6-2-14/h1-2,5-6,11-12,16-17H,3-4,7-10,13H2/t16-,17+/m1/s1. The molecule has 2 aromatic heterocycles. The monoisotopic (exact) mass is 343 g/mol. The van der Waals surface area contributed by atoms with E-state index in [-0.39, 0.29) is 6.10 Å². The summed E-state index contributed by atoms with van der Waals surface area (Å²) in [6, 6.07) is 4.52. The number of hydrogen-bond donors (Lipinski definition) is 0. The smallest absolute Gasteiger partial charge is 0.225 e. The summed E-state index contributed by atoms with van der Waals surface area (Å²) in [7, 11) is 0. The molecule has 25 heavy (non-hydrogen) atoms. The van der Waals surface area contributed by atoms with E-state index in [1.165, 1.54) is 18.0 Å². The maximum absolute atomic E-state index is 13.1. The van der Waals surface area contributed by atoms with Crippen molar-refractivity contribution in [1.29, 1.82) is 0 Å². The molecule has 6 nitrogen and oxygen atoms in total. The van der Waals surface area contributed by atoms with Crippen LogP contribution < -0.4 is 4.90 Å². The lowest BCUT2D eigenvalue weighted by atomic mass is 10.0. The van der Waals surface area contributed by atoms with Gasteiger partial charge in [0.25, 0.3) is 0 Å². The molecule has 2 atom stereocenters. The maximum atomic E-state index is 13.1. The number of rotatable bonds is 3. The van der Waals surface area contributed by atoms with Crippen molar-refractivity contribution >= 4 is 5.95 Å². The molecular weight excluding hydrogens is 321 g/mol. The quantitative estimate of drug-likeness (QED) is 0.848. The van der Waals surface area contributed by atoms with Crippen molar-refractivity contribution in [2.45, 2.75) is 31.5 Å². The molecule has 0 saturated carbocycles. The van der Waals surface area contributed by atoms with Crippen molar-refractivity contribution in [2.24, 2.45) is 0 Å². The second-order valence-electron chi connectivity index (χ2n) is 6.57. The molecule has 0 amide bonds. The summed E-state index contributed by atoms with van der Waals surface area (Å²) < 4.78 is 19.1. The van der Waals surface area contributed by atoms with E-state index in [4.69, 9.17) is 4.74 Å². The van der Waals surface area contributed by atoms with Gasteiger partial charge in [0.05, 0.1) is 25.1 Å². The van der Waals surface area contributed by atoms with E-state index in [0.29, 0.717) is 12.0 Å². The van der Waals surface area contributed by atoms with Crippen LogP contribution in [0.4, 0.5) is 10.3 Å². The lowest BCUT2D eigenvalue weighted by Crippen LogP contribution is -2.50. The average Bonchev–Trinajstić information content (AvgIpc) is 2.87. The number of aromatic nitrogens is 3. The Morgan fingerprint density at radius 1 is 1.08 bits per heavy atom. The fraction of sp³-hybridized carbons (Fsp3) is 0.500. The van der Waals surface area contributed by atoms with E-state index in [2.05, 4.69) is 36.9 Å². The molecule has 4 heterocycles. The number of hydrogen-bond acceptors (Lipinski definition) is 6. The lowest BCUT2D eigenvalue weighted by molar-refractivity contribution is -0.0746. The third kappa shape index (κ3) is 3.77. The van der Waals surface area contributed by atoms with Crippen molar-refractivity contribution in [3.8, 4) is 0 Å². The van der Waals surface area contributed by atoms with Crippen molar-refractivity contribution < 1.29 is 9.13 Å². The Kier molecular flexibility index (Phi) is 4.85. The zero-order valence-corrected chi connectivity index (χ0v) is 14.1. The van der Waals surface area contributed by atoms with Gasteiger partial charge in [-0.3, -0.25) is 9.88 Å². The number of morpholine rings is 1. The molecule has 2 aliphatic heterocycles. The zero-order chi connectivity index (χ0) is 17.1. The van der Waals surface area contributed by atoms with Crippen molar-refractivity contribution in [2.75, 3.05) is 31.1 Å². The van der Waals surface area contributed by atoms with Gasteiger partial charge in [0.15, 0.2) is 5.82 Å². The largest absolute Gasteiger partial charge is 0.375 e. The predicted octanol–water partition coefficient (Wildman–Crippen LogP) is 1.88. The molecule has 0 spiro atoms. The molecule has 0 N–H and O–H groups in total. The Morgan fingerprint density at radius 3 is 2.64 bits per heavy atom. The van der Waals surface area contributed by atoms with Crippen molar-refractivity contribution in [3.63, 3.8) is 0 Å². The number of halogens is 1. The van der Waals surface area contributed by atoms with Gasteiger partial charge < -0.3 is 9.64 Å². The van der Waals surface area contributed by atoms with Gasteiger partial charge in [0.2, 0.25) is 5.95 Å². The number of ether oxygens (including phenoxy) is 1. The van der Waals surface area contributed by atoms with Gasteiger partial charge in [0.1, 0.15) is 0 Å². The van der Waals surface area contributed by atoms with Gasteiger partial charge in [-0.05, 0) is 30.5 Å². The summed E-state index contributed by atoms with van der Waals surface area (Å²) in [5.74, 6) is 0.194. The SMILES string of the molecule is Fc1cnc(N2CC[C@@H]3OCCN(Cc4ccncc4)[C@@H]3CC2)nc1. The van der Waals surface area contributed by atoms with Crippen LogP contribution in [0.3, 0.4) is 0 Å². The summed E-state index contributed by atoms with van der Waals surface area (Å²) in [4.78, 5) is 17.0. The van der Waals surface area contributed by atoms with Crippen LogP contribution in [0.2, 0.25) is 0 Å². The van der Waals surface area contributed by atoms with Crippen LogP contribution in [-0.2, 0) is 11.3 Å². The Morgan fingerprint density at radius 2 is 1.84 bits per heavy atom. The van der Waals surface area contributed by atoms with Gasteiger partial charge in [-0.2, -0.15) is 0 Å². The van der Waals surface area contributed by atoms with Crippen molar-refractivity contribution in [3.05, 3.63) is 48.3 Å². The van der Waals surface area contributed by atoms with Crippen LogP contribution in [0.15, 0.2) is 36.9 Å². The van der Waals surface area contributed by atoms with Gasteiger partial charge in [-0.25, -0.2) is 14.4 Å². The van der Waals surface area contributed by atoms with Gasteiger partial charge in [-0.15, -0.1) is 0 Å². The third-order valence-corrected chi connectivity index (χ3v) is 5.01. The Bertz CT molecular complexity index is 684. The molecule has 0 aliphatic carbocycles. The van der Waals surface area contributed by atoms with Crippen LogP contribution in [0.25, 0.3) is 0 Å². The highest BCUT2D eigenvalue weighted by atomic mass is 19.1. The van der Waals surface area contributed by atoms with Crippen LogP contribution in [0.5, 0.6) is 0 Å². The molecule has 0 radical (unpaired) electrons. The minimum atomic E-state index is -0.404. The third-order valence-electron chi connectivity index (χ3n) is 5.01. The van der Waals surface area contributed by atoms with E-state index in [0.717, 1.165) is 45.6 Å². The summed E-state index contributed by atoms with van der Waals surface area (Å²) >= 11 is 0. The molecular formula is C18H22FN5O. The Hall–Kier alpha value is -2.12. The Labute approximate surface area is 146 Å². The summed E-state index contributed by atoms with van der Waals surface area (Å²) in [5, 5.41) is 0. The number of pyridine rings is 1. The fourth-order valence-corrected chi connectivity index (χ4v) is 3.75. The highest BCUT2D eigenvalue weighted by molar-refractivity contribution is 5.29. The fourth-order valence-electron chi connectivity index (χ4n) is 3.75. The normalized spacial score (nSPS) is 24.6. The molecule has 0 aromatic carbocycles. The van der Waals surface area contributed by atoms with Crippen molar-refractivity contribution in [1.82, 2.24) is 19.9 Å².